The average Bonchev–Trinajstić information content (AvgIpc) is 2.71. The van der Waals surface area contributed by atoms with E-state index in [-0.39, 0.29) is 11.9 Å². The predicted octanol–water partition coefficient (Wildman–Crippen LogP) is 0.759. The molecule has 0 spiro atoms. The maximum Gasteiger partial charge on any atom is 0.378 e. The van der Waals surface area contributed by atoms with Gasteiger partial charge in [-0.15, -0.1) is 0 Å². The molecule has 0 radical (unpaired) electrons. The van der Waals surface area contributed by atoms with Gasteiger partial charge in [-0.1, -0.05) is 13.2 Å². The van der Waals surface area contributed by atoms with Crippen molar-refractivity contribution in [3.63, 3.8) is 0 Å². The predicted molar refractivity (Wildman–Crippen MR) is 103 cm³/mol. The zero-order valence-electron chi connectivity index (χ0n) is 17.1. The molecule has 0 rings (SSSR count). The highest BCUT2D eigenvalue weighted by Crippen LogP contribution is 1.94. The summed E-state index contributed by atoms with van der Waals surface area (Å²) in [5, 5.41) is 0. The van der Waals surface area contributed by atoms with Crippen molar-refractivity contribution in [2.75, 3.05) is 40.4 Å². The molecule has 0 aromatic heterocycles. The van der Waals surface area contributed by atoms with Gasteiger partial charge in [-0.25, -0.2) is 19.4 Å². The van der Waals surface area contributed by atoms with Crippen LogP contribution in [-0.4, -0.2) is 69.2 Å². The average molecular weight is 404 g/mol. The molecule has 10 heteroatoms. The Morgan fingerprint density at radius 1 is 0.821 bits per heavy atom. The number of hydrogen-bond acceptors (Lipinski definition) is 10. The number of carbonyl (C=O) groups excluding carboxylic acids is 4. The first-order valence-electron chi connectivity index (χ1n) is 8.55. The number of esters is 2. The first-order chi connectivity index (χ1) is 13.3. The van der Waals surface area contributed by atoms with Crippen LogP contribution in [0.2, 0.25) is 0 Å². The van der Waals surface area contributed by atoms with Gasteiger partial charge in [0.1, 0.15) is 0 Å². The van der Waals surface area contributed by atoms with Gasteiger partial charge in [0.05, 0.1) is 26.1 Å². The third-order valence-electron chi connectivity index (χ3n) is 2.55. The minimum atomic E-state index is -0.824. The second-order valence-corrected chi connectivity index (χ2v) is 4.63. The van der Waals surface area contributed by atoms with Gasteiger partial charge in [-0.3, -0.25) is 9.59 Å². The van der Waals surface area contributed by atoms with Crippen molar-refractivity contribution < 1.29 is 38.4 Å². The summed E-state index contributed by atoms with van der Waals surface area (Å²) in [7, 11) is 3.36. The van der Waals surface area contributed by atoms with Crippen molar-refractivity contribution in [3.05, 3.63) is 25.3 Å². The van der Waals surface area contributed by atoms with Gasteiger partial charge in [0.15, 0.2) is 0 Å². The molecule has 28 heavy (non-hydrogen) atoms. The van der Waals surface area contributed by atoms with Gasteiger partial charge in [-0.2, -0.15) is 0 Å². The number of carbonyl (C=O) groups is 4. The van der Waals surface area contributed by atoms with Crippen LogP contribution >= 0.6 is 0 Å². The molecule has 0 atom stereocenters. The zero-order chi connectivity index (χ0) is 22.4. The van der Waals surface area contributed by atoms with Crippen molar-refractivity contribution in [2.45, 2.75) is 26.7 Å². The molecule has 0 aliphatic carbocycles. The fraction of sp³-hybridized carbons (Fsp3) is 0.556. The highest BCUT2D eigenvalue weighted by Gasteiger charge is 2.07. The Morgan fingerprint density at radius 2 is 1.14 bits per heavy atom. The summed E-state index contributed by atoms with van der Waals surface area (Å²) in [5.41, 5.74) is 4.50. The van der Waals surface area contributed by atoms with Crippen molar-refractivity contribution in [2.24, 2.45) is 5.73 Å². The smallest absolute Gasteiger partial charge is 0.378 e. The van der Waals surface area contributed by atoms with Crippen molar-refractivity contribution in [1.29, 1.82) is 0 Å². The Morgan fingerprint density at radius 3 is 1.39 bits per heavy atom. The molecule has 0 aliphatic rings. The van der Waals surface area contributed by atoms with Gasteiger partial charge < -0.3 is 20.1 Å². The van der Waals surface area contributed by atoms with Crippen LogP contribution < -0.4 is 5.73 Å². The summed E-state index contributed by atoms with van der Waals surface area (Å²) in [6, 6.07) is 0. The van der Waals surface area contributed by atoms with Crippen LogP contribution in [0.4, 0.5) is 0 Å². The summed E-state index contributed by atoms with van der Waals surface area (Å²) >= 11 is 0. The molecule has 162 valence electrons. The van der Waals surface area contributed by atoms with Crippen LogP contribution in [0.5, 0.6) is 0 Å². The lowest BCUT2D eigenvalue weighted by atomic mass is 10.3. The van der Waals surface area contributed by atoms with Crippen molar-refractivity contribution in [3.8, 4) is 0 Å². The minimum Gasteiger partial charge on any atom is -0.466 e. The molecule has 10 nitrogen and oxygen atoms in total. The SMILES string of the molecule is C=CC(=O)OOC(=O)C=C.CCOC(=O)CCN(C)CCC(=O)OCC.CN. The number of nitrogens with two attached hydrogens (primary N) is 1. The molecule has 0 aliphatic heterocycles. The Hall–Kier alpha value is -2.72. The largest absolute Gasteiger partial charge is 0.466 e. The lowest BCUT2D eigenvalue weighted by Gasteiger charge is -2.15. The summed E-state index contributed by atoms with van der Waals surface area (Å²) < 4.78 is 9.60. The summed E-state index contributed by atoms with van der Waals surface area (Å²) in [6.45, 7) is 11.7. The zero-order valence-corrected chi connectivity index (χ0v) is 17.1. The fourth-order valence-electron chi connectivity index (χ4n) is 1.29. The van der Waals surface area contributed by atoms with E-state index in [2.05, 4.69) is 28.7 Å². The van der Waals surface area contributed by atoms with E-state index in [1.165, 1.54) is 7.05 Å². The van der Waals surface area contributed by atoms with Crippen LogP contribution in [0.1, 0.15) is 26.7 Å². The Kier molecular flexibility index (Phi) is 23.9. The van der Waals surface area contributed by atoms with Gasteiger partial charge in [0.25, 0.3) is 0 Å². The fourth-order valence-corrected chi connectivity index (χ4v) is 1.29. The first kappa shape index (κ1) is 30.0. The summed E-state index contributed by atoms with van der Waals surface area (Å²) in [5.74, 6) is -2.05. The molecular formula is C18H32N2O8. The molecular weight excluding hydrogens is 372 g/mol. The summed E-state index contributed by atoms with van der Waals surface area (Å²) in [6.07, 6.45) is 2.45. The molecule has 2 N–H and O–H groups in total. The molecule has 0 unspecified atom stereocenters. The molecule has 0 heterocycles. The number of hydrogen-bond donors (Lipinski definition) is 1. The van der Waals surface area contributed by atoms with Crippen LogP contribution in [0.25, 0.3) is 0 Å². The van der Waals surface area contributed by atoms with E-state index in [4.69, 9.17) is 9.47 Å². The second-order valence-electron chi connectivity index (χ2n) is 4.63. The van der Waals surface area contributed by atoms with E-state index in [0.29, 0.717) is 39.1 Å². The van der Waals surface area contributed by atoms with Gasteiger partial charge in [0, 0.05) is 25.2 Å². The second kappa shape index (κ2) is 22.3. The molecule has 0 bridgehead atoms. The quantitative estimate of drug-likeness (QED) is 0.241. The Balaban J connectivity index is -0.000000447. The number of ether oxygens (including phenoxy) is 2. The van der Waals surface area contributed by atoms with E-state index in [1.54, 1.807) is 13.8 Å². The van der Waals surface area contributed by atoms with Gasteiger partial charge in [-0.05, 0) is 27.9 Å². The molecule has 0 amide bonds. The van der Waals surface area contributed by atoms with Crippen molar-refractivity contribution >= 4 is 23.9 Å². The third kappa shape index (κ3) is 23.3. The monoisotopic (exact) mass is 404 g/mol. The molecule has 0 aromatic carbocycles. The summed E-state index contributed by atoms with van der Waals surface area (Å²) in [4.78, 5) is 52.1. The molecule has 0 saturated carbocycles. The van der Waals surface area contributed by atoms with Crippen LogP contribution in [-0.2, 0) is 38.4 Å². The van der Waals surface area contributed by atoms with Gasteiger partial charge in [0.2, 0.25) is 0 Å². The van der Waals surface area contributed by atoms with Crippen molar-refractivity contribution in [1.82, 2.24) is 4.90 Å². The van der Waals surface area contributed by atoms with E-state index in [0.717, 1.165) is 12.2 Å². The maximum absolute atomic E-state index is 11.0. The normalized spacial score (nSPS) is 8.79. The van der Waals surface area contributed by atoms with E-state index < -0.39 is 11.9 Å². The van der Waals surface area contributed by atoms with E-state index in [1.807, 2.05) is 11.9 Å². The lowest BCUT2D eigenvalue weighted by Crippen LogP contribution is -2.25. The first-order valence-corrected chi connectivity index (χ1v) is 8.55. The third-order valence-corrected chi connectivity index (χ3v) is 2.55. The Bertz CT molecular complexity index is 438. The topological polar surface area (TPSA) is 134 Å². The number of nitrogens with zero attached hydrogens (tertiary/aromatic N) is 1. The Labute approximate surface area is 166 Å². The molecule has 0 aromatic rings. The standard InChI is InChI=1S/C11H21NO4.C6H6O4.CH5N/c1-4-15-10(13)6-8-12(3)9-7-11(14)16-5-2;1-3-5(7)9-10-6(8)4-2;1-2/h4-9H2,1-3H3;3-4H,1-2H2;2H2,1H3. The van der Waals surface area contributed by atoms with Gasteiger partial charge >= 0.3 is 23.9 Å². The number of rotatable bonds is 10. The molecule has 0 saturated heterocycles. The minimum absolute atomic E-state index is 0.203. The van der Waals surface area contributed by atoms with Crippen LogP contribution in [0.3, 0.4) is 0 Å². The maximum atomic E-state index is 11.0. The lowest BCUT2D eigenvalue weighted by molar-refractivity contribution is -0.250. The van der Waals surface area contributed by atoms with Crippen LogP contribution in [0.15, 0.2) is 25.3 Å². The highest BCUT2D eigenvalue weighted by atomic mass is 17.2. The van der Waals surface area contributed by atoms with E-state index in [9.17, 15) is 19.2 Å². The van der Waals surface area contributed by atoms with Crippen LogP contribution in [0, 0.1) is 0 Å². The van der Waals surface area contributed by atoms with E-state index >= 15 is 0 Å². The molecule has 0 fully saturated rings. The highest BCUT2D eigenvalue weighted by molar-refractivity contribution is 5.84.